The molecule has 0 radical (unpaired) electrons. The minimum Gasteiger partial charge on any atom is -0.329 e. The summed E-state index contributed by atoms with van der Waals surface area (Å²) >= 11 is 0. The van der Waals surface area contributed by atoms with Gasteiger partial charge in [0, 0.05) is 31.0 Å². The summed E-state index contributed by atoms with van der Waals surface area (Å²) in [5.41, 5.74) is 10.5. The van der Waals surface area contributed by atoms with E-state index in [-0.39, 0.29) is 5.54 Å². The zero-order valence-electron chi connectivity index (χ0n) is 12.6. The number of aromatic nitrogens is 1. The van der Waals surface area contributed by atoms with E-state index in [4.69, 9.17) is 5.73 Å². The quantitative estimate of drug-likeness (QED) is 0.935. The Morgan fingerprint density at radius 3 is 2.57 bits per heavy atom. The molecule has 1 heterocycles. The van der Waals surface area contributed by atoms with E-state index in [1.54, 1.807) is 0 Å². The van der Waals surface area contributed by atoms with Crippen molar-refractivity contribution in [1.82, 2.24) is 9.88 Å². The van der Waals surface area contributed by atoms with E-state index < -0.39 is 0 Å². The monoisotopic (exact) mass is 281 g/mol. The fourth-order valence-electron chi connectivity index (χ4n) is 3.37. The minimum atomic E-state index is 0.0671. The van der Waals surface area contributed by atoms with Gasteiger partial charge in [-0.3, -0.25) is 9.88 Å². The van der Waals surface area contributed by atoms with Crippen LogP contribution in [0.3, 0.4) is 0 Å². The third kappa shape index (κ3) is 2.85. The number of aryl methyl sites for hydroxylation is 1. The van der Waals surface area contributed by atoms with Crippen molar-refractivity contribution in [2.24, 2.45) is 5.73 Å². The molecule has 0 fully saturated rings. The number of fused-ring (bicyclic) bond motifs is 1. The van der Waals surface area contributed by atoms with Crippen LogP contribution in [-0.2, 0) is 19.4 Å². The summed E-state index contributed by atoms with van der Waals surface area (Å²) in [5.74, 6) is 0. The highest BCUT2D eigenvalue weighted by molar-refractivity contribution is 5.32. The topological polar surface area (TPSA) is 42.2 Å². The second-order valence-electron chi connectivity index (χ2n) is 6.09. The molecule has 0 aliphatic heterocycles. The number of pyridine rings is 1. The molecule has 1 aliphatic carbocycles. The molecule has 1 aromatic heterocycles. The number of nitrogens with zero attached hydrogens (tertiary/aromatic N) is 2. The Kier molecular flexibility index (Phi) is 4.04. The zero-order valence-corrected chi connectivity index (χ0v) is 12.6. The van der Waals surface area contributed by atoms with Crippen molar-refractivity contribution in [3.05, 3.63) is 65.5 Å². The van der Waals surface area contributed by atoms with Gasteiger partial charge in [0.25, 0.3) is 0 Å². The summed E-state index contributed by atoms with van der Waals surface area (Å²) in [4.78, 5) is 6.52. The van der Waals surface area contributed by atoms with Gasteiger partial charge < -0.3 is 5.73 Å². The molecule has 3 nitrogen and oxygen atoms in total. The van der Waals surface area contributed by atoms with E-state index in [9.17, 15) is 0 Å². The van der Waals surface area contributed by atoms with E-state index in [1.807, 2.05) is 12.4 Å². The van der Waals surface area contributed by atoms with E-state index in [2.05, 4.69) is 53.3 Å². The number of rotatable bonds is 4. The van der Waals surface area contributed by atoms with E-state index in [0.29, 0.717) is 6.54 Å². The minimum absolute atomic E-state index is 0.0671. The lowest BCUT2D eigenvalue weighted by Crippen LogP contribution is -2.55. The highest BCUT2D eigenvalue weighted by Gasteiger charge is 2.36. The molecule has 2 aromatic rings. The summed E-state index contributed by atoms with van der Waals surface area (Å²) in [6.45, 7) is 1.62. The average Bonchev–Trinajstić information content (AvgIpc) is 2.55. The van der Waals surface area contributed by atoms with Crippen LogP contribution in [0, 0.1) is 0 Å². The summed E-state index contributed by atoms with van der Waals surface area (Å²) in [7, 11) is 2.20. The van der Waals surface area contributed by atoms with Crippen LogP contribution in [0.5, 0.6) is 0 Å². The second kappa shape index (κ2) is 5.96. The third-order valence-electron chi connectivity index (χ3n) is 4.86. The standard InChI is InChI=1S/C18H23N3/c1-21(13-15-7-10-20-11-8-15)18(14-19)9-6-16-4-2-3-5-17(16)12-18/h2-5,7-8,10-11H,6,9,12-14,19H2,1H3. The van der Waals surface area contributed by atoms with Crippen LogP contribution in [0.2, 0.25) is 0 Å². The van der Waals surface area contributed by atoms with Crippen LogP contribution in [0.1, 0.15) is 23.1 Å². The van der Waals surface area contributed by atoms with Crippen LogP contribution in [0.4, 0.5) is 0 Å². The molecule has 2 N–H and O–H groups in total. The molecule has 1 aliphatic rings. The number of benzene rings is 1. The summed E-state index contributed by atoms with van der Waals surface area (Å²) < 4.78 is 0. The maximum Gasteiger partial charge on any atom is 0.0375 e. The first kappa shape index (κ1) is 14.2. The van der Waals surface area contributed by atoms with Gasteiger partial charge in [-0.2, -0.15) is 0 Å². The molecular formula is C18H23N3. The van der Waals surface area contributed by atoms with Gasteiger partial charge in [-0.05, 0) is 55.1 Å². The number of hydrogen-bond donors (Lipinski definition) is 1. The highest BCUT2D eigenvalue weighted by Crippen LogP contribution is 2.32. The Morgan fingerprint density at radius 1 is 1.14 bits per heavy atom. The molecule has 0 bridgehead atoms. The molecule has 21 heavy (non-hydrogen) atoms. The maximum atomic E-state index is 6.20. The maximum absolute atomic E-state index is 6.20. The molecule has 3 heteroatoms. The molecule has 1 atom stereocenters. The average molecular weight is 281 g/mol. The summed E-state index contributed by atoms with van der Waals surface area (Å²) in [5, 5.41) is 0. The van der Waals surface area contributed by atoms with Crippen molar-refractivity contribution in [3.63, 3.8) is 0 Å². The Morgan fingerprint density at radius 2 is 1.86 bits per heavy atom. The van der Waals surface area contributed by atoms with Crippen molar-refractivity contribution in [2.45, 2.75) is 31.3 Å². The van der Waals surface area contributed by atoms with Crippen molar-refractivity contribution in [2.75, 3.05) is 13.6 Å². The van der Waals surface area contributed by atoms with Gasteiger partial charge in [-0.1, -0.05) is 24.3 Å². The molecule has 1 unspecified atom stereocenters. The van der Waals surface area contributed by atoms with Crippen LogP contribution in [-0.4, -0.2) is 29.0 Å². The Bertz CT molecular complexity index is 596. The smallest absolute Gasteiger partial charge is 0.0375 e. The predicted molar refractivity (Wildman–Crippen MR) is 86.0 cm³/mol. The second-order valence-corrected chi connectivity index (χ2v) is 6.09. The highest BCUT2D eigenvalue weighted by atomic mass is 15.2. The van der Waals surface area contributed by atoms with Gasteiger partial charge in [0.15, 0.2) is 0 Å². The third-order valence-corrected chi connectivity index (χ3v) is 4.86. The predicted octanol–water partition coefficient (Wildman–Crippen LogP) is 2.40. The molecule has 1 aromatic carbocycles. The molecule has 0 spiro atoms. The van der Waals surface area contributed by atoms with Gasteiger partial charge in [0.05, 0.1) is 0 Å². The summed E-state index contributed by atoms with van der Waals surface area (Å²) in [6.07, 6.45) is 7.00. The van der Waals surface area contributed by atoms with Crippen molar-refractivity contribution in [3.8, 4) is 0 Å². The SMILES string of the molecule is CN(Cc1ccncc1)C1(CN)CCc2ccccc2C1. The van der Waals surface area contributed by atoms with Gasteiger partial charge in [-0.25, -0.2) is 0 Å². The Hall–Kier alpha value is -1.71. The van der Waals surface area contributed by atoms with E-state index in [0.717, 1.165) is 25.8 Å². The fourth-order valence-corrected chi connectivity index (χ4v) is 3.37. The van der Waals surface area contributed by atoms with Crippen LogP contribution >= 0.6 is 0 Å². The van der Waals surface area contributed by atoms with Crippen LogP contribution in [0.15, 0.2) is 48.8 Å². The number of likely N-dealkylation sites (N-methyl/N-ethyl adjacent to an activating group) is 1. The Balaban J connectivity index is 1.81. The first-order valence-electron chi connectivity index (χ1n) is 7.60. The molecule has 0 saturated heterocycles. The fraction of sp³-hybridized carbons (Fsp3) is 0.389. The van der Waals surface area contributed by atoms with E-state index in [1.165, 1.54) is 16.7 Å². The zero-order chi connectivity index (χ0) is 14.7. The Labute approximate surface area is 126 Å². The van der Waals surface area contributed by atoms with Gasteiger partial charge in [0.2, 0.25) is 0 Å². The number of nitrogens with two attached hydrogens (primary N) is 1. The van der Waals surface area contributed by atoms with Crippen molar-refractivity contribution < 1.29 is 0 Å². The molecule has 3 rings (SSSR count). The lowest BCUT2D eigenvalue weighted by atomic mass is 9.77. The van der Waals surface area contributed by atoms with Gasteiger partial charge in [-0.15, -0.1) is 0 Å². The lowest BCUT2D eigenvalue weighted by Gasteiger charge is -2.44. The molecule has 0 saturated carbocycles. The van der Waals surface area contributed by atoms with Gasteiger partial charge in [0.1, 0.15) is 0 Å². The van der Waals surface area contributed by atoms with Crippen LogP contribution < -0.4 is 5.73 Å². The molecular weight excluding hydrogens is 258 g/mol. The normalized spacial score (nSPS) is 21.3. The van der Waals surface area contributed by atoms with Crippen molar-refractivity contribution in [1.29, 1.82) is 0 Å². The van der Waals surface area contributed by atoms with Crippen LogP contribution in [0.25, 0.3) is 0 Å². The first-order valence-corrected chi connectivity index (χ1v) is 7.60. The van der Waals surface area contributed by atoms with Gasteiger partial charge >= 0.3 is 0 Å². The van der Waals surface area contributed by atoms with Crippen molar-refractivity contribution >= 4 is 0 Å². The largest absolute Gasteiger partial charge is 0.329 e. The molecule has 110 valence electrons. The molecule has 0 amide bonds. The number of hydrogen-bond acceptors (Lipinski definition) is 3. The van der Waals surface area contributed by atoms with E-state index >= 15 is 0 Å². The first-order chi connectivity index (χ1) is 10.2. The summed E-state index contributed by atoms with van der Waals surface area (Å²) in [6, 6.07) is 12.9. The lowest BCUT2D eigenvalue weighted by molar-refractivity contribution is 0.101.